The van der Waals surface area contributed by atoms with Crippen molar-refractivity contribution in [3.05, 3.63) is 53.1 Å². The highest BCUT2D eigenvalue weighted by atomic mass is 35.5. The number of fused-ring (bicyclic) bond motifs is 3. The van der Waals surface area contributed by atoms with Gasteiger partial charge in [0.25, 0.3) is 0 Å². The number of carbonyl (C=O) groups excluding carboxylic acids is 1. The van der Waals surface area contributed by atoms with Crippen molar-refractivity contribution in [2.75, 3.05) is 50.0 Å². The van der Waals surface area contributed by atoms with Crippen molar-refractivity contribution < 1.29 is 36.2 Å². The standard InChI is InChI=1S/C36H32ClF5N10O3S/c37-23-8-21-28(27(40)26(23)20-2-3-24(39)29-25(20)22(11-43)30(44)56-29)47-33(55-15-36-4-1-6-49(36)12-18(38)9-36)48-31(21)50-14-35(10-19(50)13-54-32(41)42)5-7-51(35)34(53)52-17-45-16-46-52/h2-3,8,16-19,32H,1,4-7,9-10,12-15,44H2/t18-,19?,35?,36+/m1/s1. The lowest BCUT2D eigenvalue weighted by atomic mass is 9.82. The Morgan fingerprint density at radius 2 is 2.04 bits per heavy atom. The zero-order chi connectivity index (χ0) is 39.1. The average Bonchev–Trinajstić information content (AvgIpc) is 3.99. The molecule has 9 rings (SSSR count). The van der Waals surface area contributed by atoms with Gasteiger partial charge in [0.2, 0.25) is 0 Å². The van der Waals surface area contributed by atoms with Gasteiger partial charge in [-0.25, -0.2) is 22.9 Å². The predicted octanol–water partition coefficient (Wildman–Crippen LogP) is 6.37. The van der Waals surface area contributed by atoms with E-state index < -0.39 is 54.2 Å². The highest BCUT2D eigenvalue weighted by molar-refractivity contribution is 7.23. The van der Waals surface area contributed by atoms with Crippen LogP contribution in [0.3, 0.4) is 0 Å². The number of nitrogens with two attached hydrogens (primary N) is 1. The molecule has 0 saturated carbocycles. The number of benzene rings is 2. The molecule has 4 saturated heterocycles. The van der Waals surface area contributed by atoms with Crippen LogP contribution in [-0.4, -0.2) is 110 Å². The number of likely N-dealkylation sites (tertiary alicyclic amines) is 1. The highest BCUT2D eigenvalue weighted by Crippen LogP contribution is 2.49. The number of carbonyl (C=O) groups is 1. The van der Waals surface area contributed by atoms with Crippen molar-refractivity contribution in [1.82, 2.24) is 34.5 Å². The number of thiophene rings is 1. The third-order valence-corrected chi connectivity index (χ3v) is 13.0. The number of nitrogen functional groups attached to an aromatic ring is 1. The fraction of sp³-hybridized carbons (Fsp3) is 0.444. The van der Waals surface area contributed by atoms with Gasteiger partial charge in [0.05, 0.1) is 39.0 Å². The number of rotatable bonds is 8. The summed E-state index contributed by atoms with van der Waals surface area (Å²) in [5.74, 6) is -1.53. The molecule has 5 aromatic rings. The van der Waals surface area contributed by atoms with Crippen molar-refractivity contribution in [1.29, 1.82) is 5.26 Å². The van der Waals surface area contributed by atoms with Gasteiger partial charge in [-0.1, -0.05) is 17.7 Å². The molecule has 3 aromatic heterocycles. The minimum atomic E-state index is -3.10. The molecule has 13 nitrogen and oxygen atoms in total. The largest absolute Gasteiger partial charge is 0.461 e. The first-order valence-electron chi connectivity index (χ1n) is 17.9. The maximum absolute atomic E-state index is 17.3. The molecule has 4 aliphatic rings. The average molecular weight is 815 g/mol. The molecular formula is C36H32ClF5N10O3S. The van der Waals surface area contributed by atoms with Gasteiger partial charge in [0.15, 0.2) is 5.82 Å². The van der Waals surface area contributed by atoms with Gasteiger partial charge < -0.3 is 25.0 Å². The zero-order valence-corrected chi connectivity index (χ0v) is 31.0. The Kier molecular flexibility index (Phi) is 8.94. The number of aromatic nitrogens is 5. The second-order valence-electron chi connectivity index (χ2n) is 14.7. The molecule has 4 fully saturated rings. The monoisotopic (exact) mass is 814 g/mol. The summed E-state index contributed by atoms with van der Waals surface area (Å²) in [6.45, 7) is -2.18. The second kappa shape index (κ2) is 13.6. The molecule has 1 spiro atoms. The first kappa shape index (κ1) is 36.7. The van der Waals surface area contributed by atoms with E-state index in [2.05, 4.69) is 15.1 Å². The quantitative estimate of drug-likeness (QED) is 0.174. The molecule has 0 radical (unpaired) electrons. The van der Waals surface area contributed by atoms with Crippen LogP contribution in [0.1, 0.15) is 37.7 Å². The van der Waals surface area contributed by atoms with Gasteiger partial charge in [-0.15, -0.1) is 11.3 Å². The van der Waals surface area contributed by atoms with E-state index in [-0.39, 0.29) is 92.1 Å². The molecule has 0 bridgehead atoms. The van der Waals surface area contributed by atoms with Gasteiger partial charge in [0.1, 0.15) is 53.7 Å². The van der Waals surface area contributed by atoms with E-state index in [1.54, 1.807) is 9.80 Å². The van der Waals surface area contributed by atoms with Crippen LogP contribution in [0.2, 0.25) is 5.02 Å². The number of nitrogens with zero attached hydrogens (tertiary/aromatic N) is 9. The van der Waals surface area contributed by atoms with Crippen molar-refractivity contribution in [2.45, 2.75) is 62.0 Å². The summed E-state index contributed by atoms with van der Waals surface area (Å²) < 4.78 is 86.4. The summed E-state index contributed by atoms with van der Waals surface area (Å²) in [6, 6.07) is 4.32. The minimum absolute atomic E-state index is 0.000766. The number of alkyl halides is 3. The third kappa shape index (κ3) is 5.79. The summed E-state index contributed by atoms with van der Waals surface area (Å²) in [5.41, 5.74) is 4.19. The normalized spacial score (nSPS) is 24.8. The number of anilines is 2. The lowest BCUT2D eigenvalue weighted by molar-refractivity contribution is -0.132. The summed E-state index contributed by atoms with van der Waals surface area (Å²) in [5, 5.41) is 14.0. The number of nitriles is 1. The van der Waals surface area contributed by atoms with Crippen molar-refractivity contribution >= 4 is 60.8 Å². The van der Waals surface area contributed by atoms with Crippen LogP contribution in [0.5, 0.6) is 6.01 Å². The number of ether oxygens (including phenoxy) is 2. The van der Waals surface area contributed by atoms with Crippen molar-refractivity contribution in [2.24, 2.45) is 0 Å². The summed E-state index contributed by atoms with van der Waals surface area (Å²) in [4.78, 5) is 31.9. The Labute approximate surface area is 324 Å². The molecule has 20 heteroatoms. The molecule has 2 unspecified atom stereocenters. The SMILES string of the molecule is N#Cc1c(N)sc2c(F)ccc(-c3c(Cl)cc4c(N5CC6(CCN6C(=O)n6cncn6)CC5COC(F)F)nc(OC[C@@]56CCCN5C[C@H](F)C6)nc4c3F)c12. The van der Waals surface area contributed by atoms with Crippen LogP contribution in [0, 0.1) is 23.0 Å². The Bertz CT molecular complexity index is 2430. The Morgan fingerprint density at radius 1 is 1.20 bits per heavy atom. The summed E-state index contributed by atoms with van der Waals surface area (Å²) in [7, 11) is 0. The Morgan fingerprint density at radius 3 is 2.77 bits per heavy atom. The molecule has 4 aliphatic heterocycles. The van der Waals surface area contributed by atoms with Crippen LogP contribution < -0.4 is 15.4 Å². The van der Waals surface area contributed by atoms with E-state index in [4.69, 9.17) is 31.8 Å². The topological polar surface area (TPSA) is 152 Å². The van der Waals surface area contributed by atoms with E-state index in [9.17, 15) is 23.2 Å². The molecule has 7 heterocycles. The van der Waals surface area contributed by atoms with Gasteiger partial charge in [-0.05, 0) is 49.9 Å². The van der Waals surface area contributed by atoms with Crippen LogP contribution in [0.4, 0.5) is 37.6 Å². The van der Waals surface area contributed by atoms with E-state index >= 15 is 8.78 Å². The molecule has 2 aromatic carbocycles. The van der Waals surface area contributed by atoms with Crippen LogP contribution in [0.25, 0.3) is 32.1 Å². The van der Waals surface area contributed by atoms with E-state index in [1.807, 2.05) is 11.0 Å². The number of hydrogen-bond donors (Lipinski definition) is 1. The van der Waals surface area contributed by atoms with Gasteiger partial charge in [-0.2, -0.15) is 33.8 Å². The maximum Gasteiger partial charge on any atom is 0.346 e. The molecule has 2 N–H and O–H groups in total. The minimum Gasteiger partial charge on any atom is -0.461 e. The number of amides is 1. The smallest absolute Gasteiger partial charge is 0.346 e. The van der Waals surface area contributed by atoms with Crippen LogP contribution in [-0.2, 0) is 4.74 Å². The van der Waals surface area contributed by atoms with Crippen LogP contribution >= 0.6 is 22.9 Å². The van der Waals surface area contributed by atoms with E-state index in [0.29, 0.717) is 25.9 Å². The first-order valence-corrected chi connectivity index (χ1v) is 19.1. The molecule has 4 atom stereocenters. The summed E-state index contributed by atoms with van der Waals surface area (Å²) >= 11 is 7.74. The fourth-order valence-corrected chi connectivity index (χ4v) is 10.4. The Balaban J connectivity index is 1.20. The number of halogens is 6. The lowest BCUT2D eigenvalue weighted by Gasteiger charge is -2.50. The maximum atomic E-state index is 17.3. The Hall–Kier alpha value is -4.90. The van der Waals surface area contributed by atoms with Crippen molar-refractivity contribution in [3.8, 4) is 23.2 Å². The third-order valence-electron chi connectivity index (χ3n) is 11.7. The van der Waals surface area contributed by atoms with Gasteiger partial charge in [-0.3, -0.25) is 4.90 Å². The first-order chi connectivity index (χ1) is 26.9. The lowest BCUT2D eigenvalue weighted by Crippen LogP contribution is -2.64. The predicted molar refractivity (Wildman–Crippen MR) is 196 cm³/mol. The van der Waals surface area contributed by atoms with Crippen molar-refractivity contribution in [3.63, 3.8) is 0 Å². The second-order valence-corrected chi connectivity index (χ2v) is 16.2. The van der Waals surface area contributed by atoms with Crippen LogP contribution in [0.15, 0.2) is 30.9 Å². The molecule has 292 valence electrons. The molecule has 1 amide bonds. The summed E-state index contributed by atoms with van der Waals surface area (Å²) in [6.07, 6.45) is 3.89. The van der Waals surface area contributed by atoms with E-state index in [0.717, 1.165) is 28.5 Å². The highest BCUT2D eigenvalue weighted by Gasteiger charge is 2.56. The van der Waals surface area contributed by atoms with E-state index in [1.165, 1.54) is 24.8 Å². The zero-order valence-electron chi connectivity index (χ0n) is 29.4. The molecule has 56 heavy (non-hydrogen) atoms. The molecular weight excluding hydrogens is 783 g/mol. The fourth-order valence-electron chi connectivity index (χ4n) is 9.13. The number of hydrogen-bond acceptors (Lipinski definition) is 12. The molecule has 0 aliphatic carbocycles. The van der Waals surface area contributed by atoms with Gasteiger partial charge in [0, 0.05) is 42.4 Å². The van der Waals surface area contributed by atoms with Gasteiger partial charge >= 0.3 is 18.7 Å².